The molecule has 0 aromatic heterocycles. The quantitative estimate of drug-likeness (QED) is 0.769. The van der Waals surface area contributed by atoms with Gasteiger partial charge in [-0.05, 0) is 30.7 Å². The zero-order chi connectivity index (χ0) is 15.6. The fraction of sp³-hybridized carbons (Fsp3) is 0.462. The van der Waals surface area contributed by atoms with Crippen LogP contribution < -0.4 is 15.8 Å². The first-order valence-corrected chi connectivity index (χ1v) is 7.66. The van der Waals surface area contributed by atoms with Crippen LogP contribution >= 0.6 is 0 Å². The minimum atomic E-state index is -3.54. The number of hydrogen-bond acceptors (Lipinski definition) is 4. The lowest BCUT2D eigenvalue weighted by Gasteiger charge is -2.25. The first-order valence-electron chi connectivity index (χ1n) is 6.18. The van der Waals surface area contributed by atoms with Crippen LogP contribution in [0.2, 0.25) is 0 Å². The first-order chi connectivity index (χ1) is 9.08. The number of anilines is 1. The van der Waals surface area contributed by atoms with E-state index in [1.807, 2.05) is 20.8 Å². The second-order valence-electron chi connectivity index (χ2n) is 5.57. The van der Waals surface area contributed by atoms with Crippen molar-refractivity contribution in [2.75, 3.05) is 12.4 Å². The Morgan fingerprint density at radius 1 is 1.30 bits per heavy atom. The molecule has 112 valence electrons. The van der Waals surface area contributed by atoms with E-state index >= 15 is 0 Å². The van der Waals surface area contributed by atoms with E-state index < -0.39 is 16.1 Å². The summed E-state index contributed by atoms with van der Waals surface area (Å²) in [4.78, 5) is 12.1. The van der Waals surface area contributed by atoms with Crippen LogP contribution in [-0.4, -0.2) is 27.4 Å². The van der Waals surface area contributed by atoms with Crippen LogP contribution in [0, 0.1) is 5.41 Å². The third kappa shape index (κ3) is 4.03. The Morgan fingerprint density at radius 2 is 1.90 bits per heavy atom. The molecule has 0 saturated carbocycles. The normalized spacial score (nSPS) is 13.8. The topological polar surface area (TPSA) is 101 Å². The Balaban J connectivity index is 2.96. The molecule has 1 rings (SSSR count). The van der Waals surface area contributed by atoms with E-state index in [0.717, 1.165) is 0 Å². The molecule has 0 unspecified atom stereocenters. The van der Waals surface area contributed by atoms with Gasteiger partial charge in [0.2, 0.25) is 15.9 Å². The predicted molar refractivity (Wildman–Crippen MR) is 78.7 cm³/mol. The second kappa shape index (κ2) is 5.90. The van der Waals surface area contributed by atoms with Crippen molar-refractivity contribution in [1.29, 1.82) is 0 Å². The van der Waals surface area contributed by atoms with Gasteiger partial charge in [0.15, 0.2) is 0 Å². The Morgan fingerprint density at radius 3 is 2.40 bits per heavy atom. The highest BCUT2D eigenvalue weighted by Crippen LogP contribution is 2.20. The van der Waals surface area contributed by atoms with Crippen LogP contribution in [0.1, 0.15) is 20.8 Å². The lowest BCUT2D eigenvalue weighted by Crippen LogP contribution is -2.45. The van der Waals surface area contributed by atoms with Crippen molar-refractivity contribution >= 4 is 21.6 Å². The van der Waals surface area contributed by atoms with Crippen LogP contribution in [0.5, 0.6) is 0 Å². The number of nitrogens with one attached hydrogen (secondary N) is 2. The Kier molecular flexibility index (Phi) is 4.90. The van der Waals surface area contributed by atoms with Gasteiger partial charge in [0.05, 0.1) is 10.9 Å². The summed E-state index contributed by atoms with van der Waals surface area (Å²) in [6, 6.07) is 5.32. The number of hydrogen-bond donors (Lipinski definition) is 3. The standard InChI is InChI=1S/C13H21N3O3S/c1-13(2,3)11(14)12(17)16-9-6-5-7-10(8-9)20(18,19)15-4/h5-8,11,15H,14H2,1-4H3,(H,16,17)/t11-/m0/s1. The molecule has 0 aliphatic heterocycles. The van der Waals surface area contributed by atoms with Gasteiger partial charge in [-0.2, -0.15) is 0 Å². The molecule has 1 aromatic rings. The molecular weight excluding hydrogens is 278 g/mol. The molecule has 0 spiro atoms. The predicted octanol–water partition coefficient (Wildman–Crippen LogP) is 0.907. The summed E-state index contributed by atoms with van der Waals surface area (Å²) < 4.78 is 25.6. The van der Waals surface area contributed by atoms with E-state index in [-0.39, 0.29) is 16.2 Å². The summed E-state index contributed by atoms with van der Waals surface area (Å²) in [6.07, 6.45) is 0. The summed E-state index contributed by atoms with van der Waals surface area (Å²) in [5.41, 5.74) is 5.87. The number of benzene rings is 1. The summed E-state index contributed by atoms with van der Waals surface area (Å²) in [5.74, 6) is -0.350. The van der Waals surface area contributed by atoms with Gasteiger partial charge in [0, 0.05) is 5.69 Å². The van der Waals surface area contributed by atoms with Gasteiger partial charge in [-0.15, -0.1) is 0 Å². The van der Waals surface area contributed by atoms with Crippen LogP contribution in [0.25, 0.3) is 0 Å². The fourth-order valence-corrected chi connectivity index (χ4v) is 2.25. The maximum atomic E-state index is 12.0. The lowest BCUT2D eigenvalue weighted by molar-refractivity contribution is -0.119. The molecule has 1 atom stereocenters. The largest absolute Gasteiger partial charge is 0.325 e. The van der Waals surface area contributed by atoms with E-state index in [2.05, 4.69) is 10.0 Å². The molecule has 0 aliphatic rings. The zero-order valence-electron chi connectivity index (χ0n) is 12.1. The highest BCUT2D eigenvalue weighted by molar-refractivity contribution is 7.89. The third-order valence-corrected chi connectivity index (χ3v) is 4.31. The Hall–Kier alpha value is -1.44. The second-order valence-corrected chi connectivity index (χ2v) is 7.45. The molecule has 0 saturated heterocycles. The average molecular weight is 299 g/mol. The maximum Gasteiger partial charge on any atom is 0.241 e. The lowest BCUT2D eigenvalue weighted by atomic mass is 9.87. The van der Waals surface area contributed by atoms with Gasteiger partial charge < -0.3 is 11.1 Å². The highest BCUT2D eigenvalue weighted by Gasteiger charge is 2.27. The van der Waals surface area contributed by atoms with Crippen molar-refractivity contribution < 1.29 is 13.2 Å². The average Bonchev–Trinajstić information content (AvgIpc) is 2.37. The summed E-state index contributed by atoms with van der Waals surface area (Å²) in [5, 5.41) is 2.63. The Bertz CT molecular complexity index is 591. The van der Waals surface area contributed by atoms with Crippen molar-refractivity contribution in [3.05, 3.63) is 24.3 Å². The number of nitrogens with two attached hydrogens (primary N) is 1. The molecule has 1 aromatic carbocycles. The van der Waals surface area contributed by atoms with Gasteiger partial charge in [-0.25, -0.2) is 13.1 Å². The monoisotopic (exact) mass is 299 g/mol. The number of sulfonamides is 1. The molecule has 4 N–H and O–H groups in total. The van der Waals surface area contributed by atoms with Crippen LogP contribution in [0.4, 0.5) is 5.69 Å². The highest BCUT2D eigenvalue weighted by atomic mass is 32.2. The molecule has 0 radical (unpaired) electrons. The number of carbonyl (C=O) groups excluding carboxylic acids is 1. The SMILES string of the molecule is CNS(=O)(=O)c1cccc(NC(=O)[C@H](N)C(C)(C)C)c1. The molecular formula is C13H21N3O3S. The zero-order valence-corrected chi connectivity index (χ0v) is 12.9. The molecule has 0 fully saturated rings. The van der Waals surface area contributed by atoms with Crippen molar-refractivity contribution in [2.24, 2.45) is 11.1 Å². The fourth-order valence-electron chi connectivity index (χ4n) is 1.47. The van der Waals surface area contributed by atoms with Crippen molar-refractivity contribution in [2.45, 2.75) is 31.7 Å². The summed E-state index contributed by atoms with van der Waals surface area (Å²) in [6.45, 7) is 5.58. The van der Waals surface area contributed by atoms with Crippen molar-refractivity contribution in [1.82, 2.24) is 4.72 Å². The van der Waals surface area contributed by atoms with Gasteiger partial charge >= 0.3 is 0 Å². The molecule has 1 amide bonds. The van der Waals surface area contributed by atoms with E-state index in [1.165, 1.54) is 19.2 Å². The van der Waals surface area contributed by atoms with E-state index in [9.17, 15) is 13.2 Å². The van der Waals surface area contributed by atoms with E-state index in [0.29, 0.717) is 5.69 Å². The number of rotatable bonds is 4. The van der Waals surface area contributed by atoms with Gasteiger partial charge in [-0.1, -0.05) is 26.8 Å². The summed E-state index contributed by atoms with van der Waals surface area (Å²) in [7, 11) is -2.21. The molecule has 6 nitrogen and oxygen atoms in total. The van der Waals surface area contributed by atoms with Crippen molar-refractivity contribution in [3.63, 3.8) is 0 Å². The molecule has 0 bridgehead atoms. The van der Waals surface area contributed by atoms with Crippen molar-refractivity contribution in [3.8, 4) is 0 Å². The van der Waals surface area contributed by atoms with E-state index in [1.54, 1.807) is 12.1 Å². The smallest absolute Gasteiger partial charge is 0.241 e. The minimum Gasteiger partial charge on any atom is -0.325 e. The summed E-state index contributed by atoms with van der Waals surface area (Å²) >= 11 is 0. The van der Waals surface area contributed by atoms with Gasteiger partial charge in [0.25, 0.3) is 0 Å². The minimum absolute atomic E-state index is 0.0853. The molecule has 20 heavy (non-hydrogen) atoms. The molecule has 0 aliphatic carbocycles. The Labute approximate surface area is 119 Å². The van der Waals surface area contributed by atoms with Crippen LogP contribution in [-0.2, 0) is 14.8 Å². The maximum absolute atomic E-state index is 12.0. The van der Waals surface area contributed by atoms with Crippen LogP contribution in [0.15, 0.2) is 29.2 Å². The van der Waals surface area contributed by atoms with Crippen LogP contribution in [0.3, 0.4) is 0 Å². The van der Waals surface area contributed by atoms with Gasteiger partial charge in [-0.3, -0.25) is 4.79 Å². The van der Waals surface area contributed by atoms with Gasteiger partial charge in [0.1, 0.15) is 0 Å². The molecule has 7 heteroatoms. The number of carbonyl (C=O) groups is 1. The number of amides is 1. The first kappa shape index (κ1) is 16.6. The van der Waals surface area contributed by atoms with E-state index in [4.69, 9.17) is 5.73 Å². The third-order valence-electron chi connectivity index (χ3n) is 2.90. The molecule has 0 heterocycles.